The van der Waals surface area contributed by atoms with Gasteiger partial charge in [-0.15, -0.1) is 0 Å². The third-order valence-electron chi connectivity index (χ3n) is 4.51. The van der Waals surface area contributed by atoms with Crippen LogP contribution >= 0.6 is 0 Å². The van der Waals surface area contributed by atoms with Gasteiger partial charge in [0.05, 0.1) is 30.1 Å². The summed E-state index contributed by atoms with van der Waals surface area (Å²) in [5.74, 6) is 0.652. The first kappa shape index (κ1) is 14.1. The van der Waals surface area contributed by atoms with Crippen molar-refractivity contribution in [1.29, 1.82) is 0 Å². The second kappa shape index (κ2) is 5.57. The number of aromatic nitrogens is 1. The van der Waals surface area contributed by atoms with Crippen LogP contribution in [0.2, 0.25) is 0 Å². The quantitative estimate of drug-likeness (QED) is 0.903. The first-order chi connectivity index (χ1) is 11.2. The molecule has 5 heteroatoms. The van der Waals surface area contributed by atoms with Gasteiger partial charge in [-0.25, -0.2) is 4.79 Å². The molecular weight excluding hydrogens is 292 g/mol. The van der Waals surface area contributed by atoms with Crippen molar-refractivity contribution >= 4 is 11.7 Å². The highest BCUT2D eigenvalue weighted by Gasteiger charge is 2.27. The van der Waals surface area contributed by atoms with E-state index in [4.69, 9.17) is 4.74 Å². The van der Waals surface area contributed by atoms with Crippen molar-refractivity contribution in [1.82, 2.24) is 4.98 Å². The lowest BCUT2D eigenvalue weighted by atomic mass is 9.97. The summed E-state index contributed by atoms with van der Waals surface area (Å²) < 4.78 is 5.82. The number of nitrogens with one attached hydrogen (secondary N) is 1. The second-order valence-electron chi connectivity index (χ2n) is 6.13. The molecule has 1 aromatic heterocycles. The monoisotopic (exact) mass is 310 g/mol. The molecule has 1 aliphatic carbocycles. The average molecular weight is 310 g/mol. The number of rotatable bonds is 4. The molecule has 0 bridgehead atoms. The average Bonchev–Trinajstić information content (AvgIpc) is 3.40. The Kier molecular flexibility index (Phi) is 3.41. The molecule has 1 aliphatic heterocycles. The van der Waals surface area contributed by atoms with Crippen LogP contribution in [0.5, 0.6) is 5.75 Å². The van der Waals surface area contributed by atoms with E-state index < -0.39 is 5.97 Å². The summed E-state index contributed by atoms with van der Waals surface area (Å²) in [6, 6.07) is 7.97. The van der Waals surface area contributed by atoms with E-state index in [2.05, 4.69) is 28.5 Å². The minimum Gasteiger partial charge on any atom is -0.493 e. The van der Waals surface area contributed by atoms with Crippen molar-refractivity contribution in [3.63, 3.8) is 0 Å². The van der Waals surface area contributed by atoms with Gasteiger partial charge in [-0.1, -0.05) is 12.1 Å². The number of anilines is 1. The molecule has 1 atom stereocenters. The molecule has 1 fully saturated rings. The summed E-state index contributed by atoms with van der Waals surface area (Å²) in [4.78, 5) is 15.4. The summed E-state index contributed by atoms with van der Waals surface area (Å²) in [5, 5.41) is 12.6. The van der Waals surface area contributed by atoms with Crippen molar-refractivity contribution in [2.24, 2.45) is 0 Å². The van der Waals surface area contributed by atoms with Gasteiger partial charge in [-0.2, -0.15) is 0 Å². The van der Waals surface area contributed by atoms with Gasteiger partial charge in [-0.3, -0.25) is 4.98 Å². The van der Waals surface area contributed by atoms with Crippen LogP contribution in [0.4, 0.5) is 5.69 Å². The molecule has 1 saturated carbocycles. The number of aromatic carboxylic acids is 1. The first-order valence-electron chi connectivity index (χ1n) is 7.93. The molecule has 23 heavy (non-hydrogen) atoms. The lowest BCUT2D eigenvalue weighted by molar-refractivity contribution is 0.0697. The minimum absolute atomic E-state index is 0.0364. The topological polar surface area (TPSA) is 71.5 Å². The maximum atomic E-state index is 11.3. The largest absolute Gasteiger partial charge is 0.493 e. The summed E-state index contributed by atoms with van der Waals surface area (Å²) in [6.07, 6.45) is 6.38. The molecule has 2 aromatic rings. The van der Waals surface area contributed by atoms with Crippen molar-refractivity contribution < 1.29 is 14.6 Å². The molecule has 5 nitrogen and oxygen atoms in total. The number of carboxylic acid groups (broad SMARTS) is 1. The van der Waals surface area contributed by atoms with Gasteiger partial charge >= 0.3 is 5.97 Å². The molecule has 1 aromatic carbocycles. The van der Waals surface area contributed by atoms with E-state index in [-0.39, 0.29) is 11.6 Å². The van der Waals surface area contributed by atoms with E-state index in [1.54, 1.807) is 6.20 Å². The molecule has 0 amide bonds. The highest BCUT2D eigenvalue weighted by molar-refractivity contribution is 5.93. The Morgan fingerprint density at radius 3 is 2.91 bits per heavy atom. The van der Waals surface area contributed by atoms with Gasteiger partial charge in [0.1, 0.15) is 5.75 Å². The van der Waals surface area contributed by atoms with Gasteiger partial charge < -0.3 is 15.2 Å². The maximum absolute atomic E-state index is 11.3. The summed E-state index contributed by atoms with van der Waals surface area (Å²) in [6.45, 7) is 0.626. The Labute approximate surface area is 134 Å². The smallest absolute Gasteiger partial charge is 0.337 e. The van der Waals surface area contributed by atoms with Crippen LogP contribution in [0.25, 0.3) is 0 Å². The molecule has 2 N–H and O–H groups in total. The number of pyridine rings is 1. The molecule has 0 saturated heterocycles. The van der Waals surface area contributed by atoms with E-state index in [0.29, 0.717) is 18.2 Å². The van der Waals surface area contributed by atoms with Crippen molar-refractivity contribution in [3.8, 4) is 5.75 Å². The fourth-order valence-electron chi connectivity index (χ4n) is 3.11. The summed E-state index contributed by atoms with van der Waals surface area (Å²) in [5.41, 5.74) is 3.21. The lowest BCUT2D eigenvalue weighted by Crippen LogP contribution is -2.21. The molecule has 118 valence electrons. The third kappa shape index (κ3) is 2.74. The SMILES string of the molecule is O=C(O)c1ccncc1NC1CCOc2cc(C3CC3)ccc21. The van der Waals surface area contributed by atoms with E-state index in [1.165, 1.54) is 30.7 Å². The van der Waals surface area contributed by atoms with Gasteiger partial charge in [0.2, 0.25) is 0 Å². The van der Waals surface area contributed by atoms with Crippen LogP contribution in [-0.4, -0.2) is 22.7 Å². The van der Waals surface area contributed by atoms with Crippen LogP contribution in [0.15, 0.2) is 36.7 Å². The molecule has 4 rings (SSSR count). The minimum atomic E-state index is -0.953. The van der Waals surface area contributed by atoms with Crippen LogP contribution in [0.1, 0.15) is 52.7 Å². The van der Waals surface area contributed by atoms with Crippen LogP contribution in [-0.2, 0) is 0 Å². The third-order valence-corrected chi connectivity index (χ3v) is 4.51. The molecule has 0 radical (unpaired) electrons. The fourth-order valence-corrected chi connectivity index (χ4v) is 3.11. The first-order valence-corrected chi connectivity index (χ1v) is 7.93. The van der Waals surface area contributed by atoms with E-state index in [9.17, 15) is 9.90 Å². The highest BCUT2D eigenvalue weighted by atomic mass is 16.5. The summed E-state index contributed by atoms with van der Waals surface area (Å²) >= 11 is 0. The molecule has 2 aliphatic rings. The van der Waals surface area contributed by atoms with Crippen LogP contribution in [0.3, 0.4) is 0 Å². The zero-order valence-corrected chi connectivity index (χ0v) is 12.7. The summed E-state index contributed by atoms with van der Waals surface area (Å²) in [7, 11) is 0. The number of fused-ring (bicyclic) bond motifs is 1. The van der Waals surface area contributed by atoms with Crippen molar-refractivity contribution in [2.45, 2.75) is 31.2 Å². The van der Waals surface area contributed by atoms with E-state index >= 15 is 0 Å². The zero-order valence-electron chi connectivity index (χ0n) is 12.7. The second-order valence-corrected chi connectivity index (χ2v) is 6.13. The molecule has 1 unspecified atom stereocenters. The number of hydrogen-bond acceptors (Lipinski definition) is 4. The number of hydrogen-bond donors (Lipinski definition) is 2. The number of benzene rings is 1. The highest BCUT2D eigenvalue weighted by Crippen LogP contribution is 2.43. The normalized spacial score (nSPS) is 19.6. The van der Waals surface area contributed by atoms with Crippen LogP contribution in [0, 0.1) is 0 Å². The number of ether oxygens (including phenoxy) is 1. The molecule has 0 spiro atoms. The Balaban J connectivity index is 1.63. The molecular formula is C18H18N2O3. The van der Waals surface area contributed by atoms with Gasteiger partial charge in [0, 0.05) is 18.2 Å². The standard InChI is InChI=1S/C18H18N2O3/c21-18(22)14-5-7-19-10-16(14)20-15-6-8-23-17-9-12(11-1-2-11)3-4-13(15)17/h3-5,7,9-11,15,20H,1-2,6,8H2,(H,21,22). The van der Waals surface area contributed by atoms with Crippen molar-refractivity contribution in [3.05, 3.63) is 53.3 Å². The Bertz CT molecular complexity index is 756. The Hall–Kier alpha value is -2.56. The predicted molar refractivity (Wildman–Crippen MR) is 86.1 cm³/mol. The van der Waals surface area contributed by atoms with Gasteiger partial charge in [0.15, 0.2) is 0 Å². The number of nitrogens with zero attached hydrogens (tertiary/aromatic N) is 1. The fraction of sp³-hybridized carbons (Fsp3) is 0.333. The number of carboxylic acids is 1. The van der Waals surface area contributed by atoms with E-state index in [1.807, 2.05) is 0 Å². The Morgan fingerprint density at radius 2 is 2.13 bits per heavy atom. The van der Waals surface area contributed by atoms with Gasteiger partial charge in [0.25, 0.3) is 0 Å². The lowest BCUT2D eigenvalue weighted by Gasteiger charge is -2.28. The van der Waals surface area contributed by atoms with E-state index in [0.717, 1.165) is 17.7 Å². The molecule has 2 heterocycles. The van der Waals surface area contributed by atoms with Crippen LogP contribution < -0.4 is 10.1 Å². The number of carbonyl (C=O) groups is 1. The van der Waals surface area contributed by atoms with Gasteiger partial charge in [-0.05, 0) is 36.5 Å². The van der Waals surface area contributed by atoms with Crippen molar-refractivity contribution in [2.75, 3.05) is 11.9 Å². The maximum Gasteiger partial charge on any atom is 0.337 e. The predicted octanol–water partition coefficient (Wildman–Crippen LogP) is 3.59. The Morgan fingerprint density at radius 1 is 1.26 bits per heavy atom. The zero-order chi connectivity index (χ0) is 15.8.